The molecule has 0 spiro atoms. The van der Waals surface area contributed by atoms with Crippen molar-refractivity contribution in [3.05, 3.63) is 30.1 Å². The van der Waals surface area contributed by atoms with Gasteiger partial charge in [0.25, 0.3) is 0 Å². The first-order chi connectivity index (χ1) is 15.6. The summed E-state index contributed by atoms with van der Waals surface area (Å²) in [6.45, 7) is 4.51. The number of ether oxygens (including phenoxy) is 2. The average Bonchev–Trinajstić information content (AvgIpc) is 3.24. The van der Waals surface area contributed by atoms with Crippen molar-refractivity contribution in [3.63, 3.8) is 0 Å². The molecular formula is C23H33N5O3S. The molecule has 0 bridgehead atoms. The van der Waals surface area contributed by atoms with E-state index in [1.165, 1.54) is 31.0 Å². The predicted molar refractivity (Wildman–Crippen MR) is 125 cm³/mol. The van der Waals surface area contributed by atoms with E-state index in [1.54, 1.807) is 7.11 Å². The van der Waals surface area contributed by atoms with Crippen LogP contribution in [0, 0.1) is 0 Å². The zero-order valence-corrected chi connectivity index (χ0v) is 19.8. The van der Waals surface area contributed by atoms with Gasteiger partial charge in [-0.15, -0.1) is 10.2 Å². The maximum absolute atomic E-state index is 12.8. The highest BCUT2D eigenvalue weighted by Crippen LogP contribution is 2.33. The number of aromatic nitrogens is 3. The standard InChI is InChI=1S/C23H33N5O3S/c1-17-15-27(11-12-31-17)22(29)16-32-23-26-25-21(28(23)19-8-4-3-5-9-19)14-24-18-7-6-10-20(13-18)30-2/h6-7,10,13,17,19,24H,3-5,8-9,11-12,14-16H2,1-2H3. The number of benzene rings is 1. The lowest BCUT2D eigenvalue weighted by Crippen LogP contribution is -2.45. The summed E-state index contributed by atoms with van der Waals surface area (Å²) in [5.41, 5.74) is 0.980. The lowest BCUT2D eigenvalue weighted by atomic mass is 9.95. The van der Waals surface area contributed by atoms with Crippen molar-refractivity contribution in [1.82, 2.24) is 19.7 Å². The highest BCUT2D eigenvalue weighted by molar-refractivity contribution is 7.99. The Hall–Kier alpha value is -2.26. The van der Waals surface area contributed by atoms with Gasteiger partial charge in [-0.2, -0.15) is 0 Å². The molecule has 2 fully saturated rings. The van der Waals surface area contributed by atoms with Gasteiger partial charge in [-0.3, -0.25) is 4.79 Å². The zero-order valence-electron chi connectivity index (χ0n) is 19.0. The van der Waals surface area contributed by atoms with E-state index in [0.29, 0.717) is 38.0 Å². The first-order valence-corrected chi connectivity index (χ1v) is 12.5. The minimum Gasteiger partial charge on any atom is -0.497 e. The molecule has 9 heteroatoms. The van der Waals surface area contributed by atoms with E-state index < -0.39 is 0 Å². The van der Waals surface area contributed by atoms with Crippen LogP contribution < -0.4 is 10.1 Å². The number of carbonyl (C=O) groups excluding carboxylic acids is 1. The van der Waals surface area contributed by atoms with Crippen molar-refractivity contribution in [2.45, 2.75) is 62.9 Å². The minimum atomic E-state index is 0.0953. The topological polar surface area (TPSA) is 81.5 Å². The van der Waals surface area contributed by atoms with Gasteiger partial charge in [0.05, 0.1) is 32.1 Å². The first-order valence-electron chi connectivity index (χ1n) is 11.5. The molecule has 1 amide bonds. The van der Waals surface area contributed by atoms with Crippen molar-refractivity contribution in [2.24, 2.45) is 0 Å². The number of nitrogens with one attached hydrogen (secondary N) is 1. The number of thioether (sulfide) groups is 1. The molecule has 1 saturated heterocycles. The fourth-order valence-electron chi connectivity index (χ4n) is 4.41. The molecule has 1 aliphatic carbocycles. The van der Waals surface area contributed by atoms with Gasteiger partial charge < -0.3 is 24.3 Å². The summed E-state index contributed by atoms with van der Waals surface area (Å²) in [7, 11) is 1.67. The highest BCUT2D eigenvalue weighted by atomic mass is 32.2. The summed E-state index contributed by atoms with van der Waals surface area (Å²) in [6.07, 6.45) is 6.09. The Morgan fingerprint density at radius 3 is 2.91 bits per heavy atom. The molecule has 4 rings (SSSR count). The lowest BCUT2D eigenvalue weighted by Gasteiger charge is -2.31. The third-order valence-corrected chi connectivity index (χ3v) is 7.04. The summed E-state index contributed by atoms with van der Waals surface area (Å²) in [5, 5.41) is 13.3. The lowest BCUT2D eigenvalue weighted by molar-refractivity contribution is -0.135. The SMILES string of the molecule is COc1cccc(NCc2nnc(SCC(=O)N3CCOC(C)C3)n2C2CCCCC2)c1. The maximum Gasteiger partial charge on any atom is 0.233 e. The number of rotatable bonds is 8. The number of hydrogen-bond donors (Lipinski definition) is 1. The van der Waals surface area contributed by atoms with E-state index in [0.717, 1.165) is 35.3 Å². The molecule has 1 unspecified atom stereocenters. The van der Waals surface area contributed by atoms with Gasteiger partial charge in [0.1, 0.15) is 5.75 Å². The van der Waals surface area contributed by atoms with Crippen molar-refractivity contribution in [1.29, 1.82) is 0 Å². The Balaban J connectivity index is 1.45. The van der Waals surface area contributed by atoms with Gasteiger partial charge >= 0.3 is 0 Å². The summed E-state index contributed by atoms with van der Waals surface area (Å²) in [5.74, 6) is 2.24. The van der Waals surface area contributed by atoms with E-state index in [4.69, 9.17) is 9.47 Å². The molecule has 1 atom stereocenters. The molecule has 1 saturated carbocycles. The number of methoxy groups -OCH3 is 1. The van der Waals surface area contributed by atoms with Gasteiger partial charge in [0.15, 0.2) is 11.0 Å². The zero-order chi connectivity index (χ0) is 22.3. The third-order valence-electron chi connectivity index (χ3n) is 6.11. The monoisotopic (exact) mass is 459 g/mol. The molecule has 0 radical (unpaired) electrons. The molecule has 2 heterocycles. The largest absolute Gasteiger partial charge is 0.497 e. The molecule has 1 aromatic carbocycles. The predicted octanol–water partition coefficient (Wildman–Crippen LogP) is 3.74. The molecule has 8 nitrogen and oxygen atoms in total. The van der Waals surface area contributed by atoms with Crippen LogP contribution in [0.25, 0.3) is 0 Å². The second-order valence-corrected chi connectivity index (χ2v) is 9.40. The van der Waals surface area contributed by atoms with E-state index in [1.807, 2.05) is 36.1 Å². The number of nitrogens with zero attached hydrogens (tertiary/aromatic N) is 4. The van der Waals surface area contributed by atoms with Crippen molar-refractivity contribution in [2.75, 3.05) is 37.9 Å². The van der Waals surface area contributed by atoms with Crippen LogP contribution in [0.15, 0.2) is 29.4 Å². The number of morpholine rings is 1. The Morgan fingerprint density at radius 1 is 1.28 bits per heavy atom. The number of hydrogen-bond acceptors (Lipinski definition) is 7. The molecule has 1 N–H and O–H groups in total. The minimum absolute atomic E-state index is 0.0953. The van der Waals surface area contributed by atoms with Crippen LogP contribution in [0.3, 0.4) is 0 Å². The number of carbonyl (C=O) groups is 1. The fraction of sp³-hybridized carbons (Fsp3) is 0.609. The Morgan fingerprint density at radius 2 is 2.12 bits per heavy atom. The van der Waals surface area contributed by atoms with Crippen LogP contribution >= 0.6 is 11.8 Å². The first kappa shape index (κ1) is 22.9. The Kier molecular flexibility index (Phi) is 7.91. The van der Waals surface area contributed by atoms with Crippen LogP contribution in [0.1, 0.15) is 50.9 Å². The van der Waals surface area contributed by atoms with Gasteiger partial charge in [-0.25, -0.2) is 0 Å². The summed E-state index contributed by atoms with van der Waals surface area (Å²) in [6, 6.07) is 8.27. The van der Waals surface area contributed by atoms with E-state index >= 15 is 0 Å². The number of amides is 1. The second kappa shape index (κ2) is 11.0. The summed E-state index contributed by atoms with van der Waals surface area (Å²) < 4.78 is 13.1. The second-order valence-electron chi connectivity index (χ2n) is 8.46. The molecule has 174 valence electrons. The summed E-state index contributed by atoms with van der Waals surface area (Å²) in [4.78, 5) is 14.6. The Labute approximate surface area is 194 Å². The molecule has 1 aromatic heterocycles. The molecule has 2 aliphatic rings. The van der Waals surface area contributed by atoms with Crippen LogP contribution in [-0.2, 0) is 16.1 Å². The maximum atomic E-state index is 12.8. The smallest absolute Gasteiger partial charge is 0.233 e. The van der Waals surface area contributed by atoms with Gasteiger partial charge in [-0.1, -0.05) is 37.1 Å². The van der Waals surface area contributed by atoms with Gasteiger partial charge in [0.2, 0.25) is 5.91 Å². The average molecular weight is 460 g/mol. The van der Waals surface area contributed by atoms with Crippen molar-refractivity contribution >= 4 is 23.4 Å². The van der Waals surface area contributed by atoms with E-state index in [-0.39, 0.29) is 12.0 Å². The van der Waals surface area contributed by atoms with Crippen LogP contribution in [0.5, 0.6) is 5.75 Å². The Bertz CT molecular complexity index is 900. The highest BCUT2D eigenvalue weighted by Gasteiger charge is 2.25. The quantitative estimate of drug-likeness (QED) is 0.602. The van der Waals surface area contributed by atoms with E-state index in [9.17, 15) is 4.79 Å². The molecule has 32 heavy (non-hydrogen) atoms. The molecule has 2 aromatic rings. The normalized spacial score (nSPS) is 19.7. The van der Waals surface area contributed by atoms with Crippen molar-refractivity contribution in [3.8, 4) is 5.75 Å². The summed E-state index contributed by atoms with van der Waals surface area (Å²) >= 11 is 1.50. The third kappa shape index (κ3) is 5.75. The van der Waals surface area contributed by atoms with Gasteiger partial charge in [-0.05, 0) is 31.9 Å². The van der Waals surface area contributed by atoms with E-state index in [2.05, 4.69) is 20.1 Å². The van der Waals surface area contributed by atoms with Crippen LogP contribution in [0.4, 0.5) is 5.69 Å². The molecule has 1 aliphatic heterocycles. The van der Waals surface area contributed by atoms with Crippen LogP contribution in [-0.4, -0.2) is 64.2 Å². The van der Waals surface area contributed by atoms with Crippen molar-refractivity contribution < 1.29 is 14.3 Å². The number of anilines is 1. The van der Waals surface area contributed by atoms with Gasteiger partial charge in [0, 0.05) is 30.9 Å². The fourth-order valence-corrected chi connectivity index (χ4v) is 5.34. The molecular weight excluding hydrogens is 426 g/mol. The van der Waals surface area contributed by atoms with Crippen LogP contribution in [0.2, 0.25) is 0 Å².